The van der Waals surface area contributed by atoms with Crippen molar-refractivity contribution < 1.29 is 22.7 Å². The molecule has 0 bridgehead atoms. The summed E-state index contributed by atoms with van der Waals surface area (Å²) in [4.78, 5) is 29.1. The maximum Gasteiger partial charge on any atom is 0.262 e. The van der Waals surface area contributed by atoms with Crippen LogP contribution in [-0.4, -0.2) is 69.9 Å². The van der Waals surface area contributed by atoms with Crippen LogP contribution in [0.3, 0.4) is 0 Å². The first-order valence-corrected chi connectivity index (χ1v) is 13.8. The van der Waals surface area contributed by atoms with Crippen molar-refractivity contribution in [2.24, 2.45) is 0 Å². The lowest BCUT2D eigenvalue weighted by Crippen LogP contribution is -2.47. The number of rotatable bonds is 8. The molecule has 1 fully saturated rings. The summed E-state index contributed by atoms with van der Waals surface area (Å²) in [5, 5.41) is 2.73. The smallest absolute Gasteiger partial charge is 0.262 e. The van der Waals surface area contributed by atoms with Crippen molar-refractivity contribution in [3.05, 3.63) is 83.4 Å². The molecule has 200 valence electrons. The van der Waals surface area contributed by atoms with E-state index in [9.17, 15) is 18.0 Å². The highest BCUT2D eigenvalue weighted by atomic mass is 32.2. The van der Waals surface area contributed by atoms with E-state index in [2.05, 4.69) is 14.9 Å². The molecule has 0 atom stereocenters. The number of ether oxygens (including phenoxy) is 1. The zero-order valence-electron chi connectivity index (χ0n) is 21.7. The molecule has 1 aliphatic rings. The van der Waals surface area contributed by atoms with Crippen molar-refractivity contribution >= 4 is 33.2 Å². The lowest BCUT2D eigenvalue weighted by atomic mass is 10.1. The number of benzene rings is 3. The van der Waals surface area contributed by atoms with Crippen LogP contribution in [0, 0.1) is 13.8 Å². The minimum atomic E-state index is -3.77. The second-order valence-corrected chi connectivity index (χ2v) is 11.1. The molecule has 1 aliphatic heterocycles. The summed E-state index contributed by atoms with van der Waals surface area (Å²) < 4.78 is 33.7. The lowest BCUT2D eigenvalue weighted by molar-refractivity contribution is -0.118. The second kappa shape index (κ2) is 11.7. The number of anilines is 2. The van der Waals surface area contributed by atoms with Crippen LogP contribution in [0.5, 0.6) is 5.75 Å². The number of amides is 2. The highest BCUT2D eigenvalue weighted by Gasteiger charge is 2.20. The molecule has 3 aromatic rings. The van der Waals surface area contributed by atoms with Crippen molar-refractivity contribution in [3.8, 4) is 5.75 Å². The highest BCUT2D eigenvalue weighted by molar-refractivity contribution is 7.92. The van der Waals surface area contributed by atoms with Crippen LogP contribution in [0.4, 0.5) is 11.4 Å². The standard InChI is InChI=1S/C28H32N4O5S/c1-20-4-5-21(2)26(18-20)30-38(35,36)25-12-10-24(11-13-25)37-19-27(33)29-23-8-6-22(7-9-23)28(34)32-16-14-31(3)15-17-32/h4-13,18,30H,14-17,19H2,1-3H3,(H,29,33). The van der Waals surface area contributed by atoms with Gasteiger partial charge in [0.25, 0.3) is 21.8 Å². The molecule has 0 aromatic heterocycles. The average molecular weight is 537 g/mol. The van der Waals surface area contributed by atoms with Crippen molar-refractivity contribution in [2.75, 3.05) is 49.9 Å². The van der Waals surface area contributed by atoms with Crippen molar-refractivity contribution in [1.82, 2.24) is 9.80 Å². The van der Waals surface area contributed by atoms with Crippen LogP contribution in [0.25, 0.3) is 0 Å². The summed E-state index contributed by atoms with van der Waals surface area (Å²) in [5.74, 6) is -0.0376. The molecule has 10 heteroatoms. The van der Waals surface area contributed by atoms with Gasteiger partial charge in [-0.15, -0.1) is 0 Å². The van der Waals surface area contributed by atoms with Gasteiger partial charge in [-0.05, 0) is 86.6 Å². The Morgan fingerprint density at radius 1 is 0.895 bits per heavy atom. The summed E-state index contributed by atoms with van der Waals surface area (Å²) in [7, 11) is -1.74. The van der Waals surface area contributed by atoms with Gasteiger partial charge in [0, 0.05) is 37.4 Å². The molecular weight excluding hydrogens is 504 g/mol. The summed E-state index contributed by atoms with van der Waals surface area (Å²) in [6.07, 6.45) is 0. The van der Waals surface area contributed by atoms with Crippen LogP contribution >= 0.6 is 0 Å². The number of nitrogens with zero attached hydrogens (tertiary/aromatic N) is 2. The van der Waals surface area contributed by atoms with Crippen LogP contribution in [0.1, 0.15) is 21.5 Å². The van der Waals surface area contributed by atoms with E-state index in [0.717, 1.165) is 24.2 Å². The number of likely N-dealkylation sites (N-methyl/N-ethyl adjacent to an activating group) is 1. The van der Waals surface area contributed by atoms with Gasteiger partial charge in [0.05, 0.1) is 10.6 Å². The second-order valence-electron chi connectivity index (χ2n) is 9.40. The van der Waals surface area contributed by atoms with E-state index < -0.39 is 10.0 Å². The summed E-state index contributed by atoms with van der Waals surface area (Å²) in [6.45, 7) is 6.56. The number of carbonyl (C=O) groups is 2. The zero-order valence-corrected chi connectivity index (χ0v) is 22.5. The first-order chi connectivity index (χ1) is 18.1. The average Bonchev–Trinajstić information content (AvgIpc) is 2.90. The van der Waals surface area contributed by atoms with Gasteiger partial charge in [-0.2, -0.15) is 0 Å². The van der Waals surface area contributed by atoms with Gasteiger partial charge >= 0.3 is 0 Å². The Bertz CT molecular complexity index is 1400. The number of aryl methyl sites for hydroxylation is 2. The van der Waals surface area contributed by atoms with Crippen molar-refractivity contribution in [2.45, 2.75) is 18.7 Å². The molecule has 9 nitrogen and oxygen atoms in total. The first kappa shape index (κ1) is 27.2. The van der Waals surface area contributed by atoms with E-state index in [0.29, 0.717) is 35.8 Å². The van der Waals surface area contributed by atoms with Gasteiger partial charge < -0.3 is 19.9 Å². The van der Waals surface area contributed by atoms with Gasteiger partial charge in [-0.1, -0.05) is 12.1 Å². The van der Waals surface area contributed by atoms with Gasteiger partial charge in [0.2, 0.25) is 0 Å². The number of hydrogen-bond donors (Lipinski definition) is 2. The van der Waals surface area contributed by atoms with Gasteiger partial charge in [0.15, 0.2) is 6.61 Å². The Morgan fingerprint density at radius 3 is 2.21 bits per heavy atom. The summed E-state index contributed by atoms with van der Waals surface area (Å²) >= 11 is 0. The number of sulfonamides is 1. The molecule has 0 aliphatic carbocycles. The zero-order chi connectivity index (χ0) is 27.3. The minimum Gasteiger partial charge on any atom is -0.484 e. The minimum absolute atomic E-state index is 0.0195. The third kappa shape index (κ3) is 6.90. The molecule has 0 spiro atoms. The molecule has 2 N–H and O–H groups in total. The SMILES string of the molecule is Cc1ccc(C)c(NS(=O)(=O)c2ccc(OCC(=O)Nc3ccc(C(=O)N4CCN(C)CC4)cc3)cc2)c1. The normalized spacial score (nSPS) is 14.1. The van der Waals surface area contributed by atoms with Crippen LogP contribution < -0.4 is 14.8 Å². The number of carbonyl (C=O) groups excluding carboxylic acids is 2. The predicted octanol–water partition coefficient (Wildman–Crippen LogP) is 3.51. The van der Waals surface area contributed by atoms with Gasteiger partial charge in [-0.3, -0.25) is 14.3 Å². The Labute approximate surface area is 223 Å². The first-order valence-electron chi connectivity index (χ1n) is 12.3. The number of nitrogens with one attached hydrogen (secondary N) is 2. The third-order valence-corrected chi connectivity index (χ3v) is 7.73. The molecule has 1 saturated heterocycles. The molecule has 2 amide bonds. The maximum atomic E-state index is 12.8. The van der Waals surface area contributed by atoms with Gasteiger partial charge in [-0.25, -0.2) is 8.42 Å². The molecule has 4 rings (SSSR count). The summed E-state index contributed by atoms with van der Waals surface area (Å²) in [5.41, 5.74) is 3.42. The fraction of sp³-hybridized carbons (Fsp3) is 0.286. The molecule has 0 saturated carbocycles. The van der Waals surface area contributed by atoms with E-state index >= 15 is 0 Å². The molecular formula is C28H32N4O5S. The topological polar surface area (TPSA) is 108 Å². The van der Waals surface area contributed by atoms with E-state index in [1.807, 2.05) is 37.9 Å². The lowest BCUT2D eigenvalue weighted by Gasteiger charge is -2.32. The van der Waals surface area contributed by atoms with E-state index in [1.54, 1.807) is 30.3 Å². The Kier molecular flexibility index (Phi) is 8.33. The van der Waals surface area contributed by atoms with E-state index in [4.69, 9.17) is 4.74 Å². The number of piperazine rings is 1. The van der Waals surface area contributed by atoms with Crippen LogP contribution in [0.2, 0.25) is 0 Å². The fourth-order valence-electron chi connectivity index (χ4n) is 4.00. The maximum absolute atomic E-state index is 12.8. The molecule has 38 heavy (non-hydrogen) atoms. The molecule has 0 radical (unpaired) electrons. The number of hydrogen-bond acceptors (Lipinski definition) is 6. The monoisotopic (exact) mass is 536 g/mol. The Hall–Kier alpha value is -3.89. The van der Waals surface area contributed by atoms with Crippen LogP contribution in [0.15, 0.2) is 71.6 Å². The highest BCUT2D eigenvalue weighted by Crippen LogP contribution is 2.23. The molecule has 3 aromatic carbocycles. The molecule has 0 unspecified atom stereocenters. The predicted molar refractivity (Wildman–Crippen MR) is 147 cm³/mol. The van der Waals surface area contributed by atoms with Gasteiger partial charge in [0.1, 0.15) is 5.75 Å². The largest absolute Gasteiger partial charge is 0.484 e. The summed E-state index contributed by atoms with van der Waals surface area (Å²) in [6, 6.07) is 18.2. The quantitative estimate of drug-likeness (QED) is 0.456. The third-order valence-electron chi connectivity index (χ3n) is 6.35. The molecule has 1 heterocycles. The van der Waals surface area contributed by atoms with E-state index in [1.165, 1.54) is 24.3 Å². The van der Waals surface area contributed by atoms with Crippen molar-refractivity contribution in [1.29, 1.82) is 0 Å². The van der Waals surface area contributed by atoms with Crippen molar-refractivity contribution in [3.63, 3.8) is 0 Å². The fourth-order valence-corrected chi connectivity index (χ4v) is 5.12. The Balaban J connectivity index is 1.28. The Morgan fingerprint density at radius 2 is 1.55 bits per heavy atom. The van der Waals surface area contributed by atoms with Crippen LogP contribution in [-0.2, 0) is 14.8 Å². The van der Waals surface area contributed by atoms with E-state index in [-0.39, 0.29) is 23.3 Å².